The van der Waals surface area contributed by atoms with Crippen LogP contribution in [0.1, 0.15) is 6.92 Å². The van der Waals surface area contributed by atoms with Gasteiger partial charge in [0, 0.05) is 12.4 Å². The van der Waals surface area contributed by atoms with Crippen LogP contribution in [0.15, 0.2) is 0 Å². The normalized spacial score (nSPS) is 13.0. The van der Waals surface area contributed by atoms with Gasteiger partial charge in [-0.15, -0.1) is 35.6 Å². The third-order valence-corrected chi connectivity index (χ3v) is 1.55. The summed E-state index contributed by atoms with van der Waals surface area (Å²) in [6, 6.07) is 0. The molecular formula is C5H12Cl3N. The smallest absolute Gasteiger partial charge is 0.0819 e. The van der Waals surface area contributed by atoms with Gasteiger partial charge in [-0.2, -0.15) is 0 Å². The molecule has 0 amide bonds. The third-order valence-electron chi connectivity index (χ3n) is 1.04. The number of alkyl halides is 2. The van der Waals surface area contributed by atoms with Gasteiger partial charge in [0.2, 0.25) is 0 Å². The molecule has 1 atom stereocenters. The zero-order valence-electron chi connectivity index (χ0n) is 5.60. The summed E-state index contributed by atoms with van der Waals surface area (Å²) in [7, 11) is 1.94. The van der Waals surface area contributed by atoms with Crippen LogP contribution in [0.25, 0.3) is 0 Å². The highest BCUT2D eigenvalue weighted by Gasteiger charge is 2.01. The molecule has 0 aromatic rings. The highest BCUT2D eigenvalue weighted by Crippen LogP contribution is 1.98. The van der Waals surface area contributed by atoms with E-state index in [9.17, 15) is 0 Å². The molecule has 4 heteroatoms. The summed E-state index contributed by atoms with van der Waals surface area (Å²) in [6.07, 6.45) is 0. The summed E-state index contributed by atoms with van der Waals surface area (Å²) in [6.45, 7) is 2.78. The summed E-state index contributed by atoms with van der Waals surface area (Å²) >= 11 is 11.1. The minimum atomic E-state index is 0. The lowest BCUT2D eigenvalue weighted by molar-refractivity contribution is 0.343. The van der Waals surface area contributed by atoms with Gasteiger partial charge in [-0.05, 0) is 14.0 Å². The number of hydrogen-bond acceptors (Lipinski definition) is 1. The van der Waals surface area contributed by atoms with Crippen LogP contribution < -0.4 is 0 Å². The molecule has 1 unspecified atom stereocenters. The predicted molar refractivity (Wildman–Crippen MR) is 45.9 cm³/mol. The molecule has 0 aromatic heterocycles. The molecule has 9 heavy (non-hydrogen) atoms. The molecule has 0 heterocycles. The number of halogens is 3. The minimum absolute atomic E-state index is 0. The molecule has 0 bridgehead atoms. The van der Waals surface area contributed by atoms with E-state index in [4.69, 9.17) is 23.2 Å². The van der Waals surface area contributed by atoms with Crippen LogP contribution in [-0.2, 0) is 0 Å². The fourth-order valence-corrected chi connectivity index (χ4v) is 0.675. The van der Waals surface area contributed by atoms with Crippen molar-refractivity contribution < 1.29 is 0 Å². The van der Waals surface area contributed by atoms with Gasteiger partial charge >= 0.3 is 0 Å². The SMILES string of the molecule is CC(Cl)N(C)CCCl.Cl. The van der Waals surface area contributed by atoms with E-state index in [0.29, 0.717) is 5.88 Å². The fraction of sp³-hybridized carbons (Fsp3) is 1.00. The summed E-state index contributed by atoms with van der Waals surface area (Å²) in [4.78, 5) is 1.98. The van der Waals surface area contributed by atoms with E-state index in [-0.39, 0.29) is 17.9 Å². The Morgan fingerprint density at radius 3 is 2.11 bits per heavy atom. The first-order chi connectivity index (χ1) is 3.68. The largest absolute Gasteiger partial charge is 0.290 e. The van der Waals surface area contributed by atoms with Gasteiger partial charge in [0.25, 0.3) is 0 Å². The van der Waals surface area contributed by atoms with Crippen LogP contribution >= 0.6 is 35.6 Å². The zero-order valence-corrected chi connectivity index (χ0v) is 7.93. The van der Waals surface area contributed by atoms with Gasteiger partial charge in [-0.1, -0.05) is 0 Å². The van der Waals surface area contributed by atoms with Crippen molar-refractivity contribution in [3.63, 3.8) is 0 Å². The maximum absolute atomic E-state index is 5.67. The predicted octanol–water partition coefficient (Wildman–Crippen LogP) is 2.16. The molecular weight excluding hydrogens is 180 g/mol. The lowest BCUT2D eigenvalue weighted by Gasteiger charge is -2.16. The number of nitrogens with zero attached hydrogens (tertiary/aromatic N) is 1. The second-order valence-electron chi connectivity index (χ2n) is 1.74. The molecule has 0 spiro atoms. The van der Waals surface area contributed by atoms with Crippen LogP contribution in [-0.4, -0.2) is 29.9 Å². The van der Waals surface area contributed by atoms with Crippen LogP contribution in [0, 0.1) is 0 Å². The standard InChI is InChI=1S/C5H11Cl2N.ClH/c1-5(7)8(2)4-3-6;/h5H,3-4H2,1-2H3;1H. The van der Waals surface area contributed by atoms with Crippen molar-refractivity contribution in [2.75, 3.05) is 19.5 Å². The second kappa shape index (κ2) is 6.94. The Hall–Kier alpha value is 0.830. The van der Waals surface area contributed by atoms with E-state index in [2.05, 4.69) is 0 Å². The van der Waals surface area contributed by atoms with Crippen molar-refractivity contribution in [3.8, 4) is 0 Å². The first-order valence-corrected chi connectivity index (χ1v) is 3.56. The lowest BCUT2D eigenvalue weighted by atomic mass is 10.6. The molecule has 1 nitrogen and oxygen atoms in total. The van der Waals surface area contributed by atoms with E-state index in [1.54, 1.807) is 0 Å². The van der Waals surface area contributed by atoms with Crippen LogP contribution in [0.5, 0.6) is 0 Å². The van der Waals surface area contributed by atoms with E-state index < -0.39 is 0 Å². The lowest BCUT2D eigenvalue weighted by Crippen LogP contribution is -2.26. The third kappa shape index (κ3) is 6.72. The monoisotopic (exact) mass is 191 g/mol. The average Bonchev–Trinajstić information content (AvgIpc) is 1.67. The first kappa shape index (κ1) is 12.5. The Morgan fingerprint density at radius 2 is 2.00 bits per heavy atom. The van der Waals surface area contributed by atoms with Crippen molar-refractivity contribution in [2.24, 2.45) is 0 Å². The zero-order chi connectivity index (χ0) is 6.57. The van der Waals surface area contributed by atoms with Gasteiger partial charge in [0.1, 0.15) is 0 Å². The van der Waals surface area contributed by atoms with Gasteiger partial charge in [-0.3, -0.25) is 4.90 Å². The summed E-state index contributed by atoms with van der Waals surface area (Å²) < 4.78 is 0. The van der Waals surface area contributed by atoms with Crippen molar-refractivity contribution in [1.29, 1.82) is 0 Å². The summed E-state index contributed by atoms with van der Waals surface area (Å²) in [5, 5.41) is 0. The Morgan fingerprint density at radius 1 is 1.56 bits per heavy atom. The maximum atomic E-state index is 5.67. The molecule has 0 N–H and O–H groups in total. The van der Waals surface area contributed by atoms with Crippen molar-refractivity contribution in [3.05, 3.63) is 0 Å². The van der Waals surface area contributed by atoms with E-state index in [0.717, 1.165) is 6.54 Å². The van der Waals surface area contributed by atoms with Crippen molar-refractivity contribution >= 4 is 35.6 Å². The molecule has 0 saturated carbocycles. The molecule has 0 aliphatic rings. The molecule has 0 saturated heterocycles. The molecule has 0 fully saturated rings. The molecule has 0 aromatic carbocycles. The molecule has 0 aliphatic heterocycles. The van der Waals surface area contributed by atoms with Gasteiger partial charge in [0.05, 0.1) is 5.50 Å². The molecule has 0 radical (unpaired) electrons. The maximum Gasteiger partial charge on any atom is 0.0819 e. The first-order valence-electron chi connectivity index (χ1n) is 2.58. The van der Waals surface area contributed by atoms with Crippen molar-refractivity contribution in [1.82, 2.24) is 4.90 Å². The van der Waals surface area contributed by atoms with E-state index in [1.807, 2.05) is 18.9 Å². The van der Waals surface area contributed by atoms with Crippen LogP contribution in [0.2, 0.25) is 0 Å². The van der Waals surface area contributed by atoms with E-state index in [1.165, 1.54) is 0 Å². The molecule has 0 rings (SSSR count). The van der Waals surface area contributed by atoms with Gasteiger partial charge in [0.15, 0.2) is 0 Å². The Balaban J connectivity index is 0. The van der Waals surface area contributed by atoms with E-state index >= 15 is 0 Å². The van der Waals surface area contributed by atoms with Gasteiger partial charge in [-0.25, -0.2) is 0 Å². The average molecular weight is 193 g/mol. The Bertz CT molecular complexity index is 58.2. The van der Waals surface area contributed by atoms with Gasteiger partial charge < -0.3 is 0 Å². The Kier molecular flexibility index (Phi) is 9.64. The minimum Gasteiger partial charge on any atom is -0.290 e. The number of hydrogen-bond donors (Lipinski definition) is 0. The number of rotatable bonds is 3. The summed E-state index contributed by atoms with van der Waals surface area (Å²) in [5.41, 5.74) is 0.0914. The van der Waals surface area contributed by atoms with Crippen molar-refractivity contribution in [2.45, 2.75) is 12.4 Å². The highest BCUT2D eigenvalue weighted by atomic mass is 35.5. The molecule has 58 valence electrons. The Labute approximate surface area is 72.7 Å². The quantitative estimate of drug-likeness (QED) is 0.489. The topological polar surface area (TPSA) is 3.24 Å². The second-order valence-corrected chi connectivity index (χ2v) is 2.75. The molecule has 0 aliphatic carbocycles. The summed E-state index contributed by atoms with van der Waals surface area (Å²) in [5.74, 6) is 0.646. The fourth-order valence-electron chi connectivity index (χ4n) is 0.311. The van der Waals surface area contributed by atoms with Crippen LogP contribution in [0.3, 0.4) is 0 Å². The highest BCUT2D eigenvalue weighted by molar-refractivity contribution is 6.20. The van der Waals surface area contributed by atoms with Crippen LogP contribution in [0.4, 0.5) is 0 Å².